The maximum Gasteiger partial charge on any atom is 0.191 e. The van der Waals surface area contributed by atoms with Crippen molar-refractivity contribution in [3.05, 3.63) is 83.0 Å². The SMILES string of the molecule is CCC(CCO[Si](CC)(CC)CC)(C1=CC=CC1)c1cccc2c1Cc1ccccc1-2. The van der Waals surface area contributed by atoms with Crippen LogP contribution in [-0.2, 0) is 16.3 Å². The predicted molar refractivity (Wildman–Crippen MR) is 136 cm³/mol. The second-order valence-corrected chi connectivity index (χ2v) is 14.0. The maximum absolute atomic E-state index is 6.79. The first-order valence-corrected chi connectivity index (χ1v) is 14.9. The number of hydrogen-bond acceptors (Lipinski definition) is 1. The van der Waals surface area contributed by atoms with Crippen LogP contribution in [0.25, 0.3) is 11.1 Å². The van der Waals surface area contributed by atoms with E-state index in [0.29, 0.717) is 0 Å². The largest absolute Gasteiger partial charge is 0.417 e. The molecule has 0 N–H and O–H groups in total. The number of benzene rings is 2. The molecule has 31 heavy (non-hydrogen) atoms. The van der Waals surface area contributed by atoms with Crippen LogP contribution in [0.5, 0.6) is 0 Å². The minimum atomic E-state index is -1.58. The summed E-state index contributed by atoms with van der Waals surface area (Å²) in [5.74, 6) is 0. The molecule has 2 aliphatic carbocycles. The van der Waals surface area contributed by atoms with E-state index in [2.05, 4.69) is 88.4 Å². The lowest BCUT2D eigenvalue weighted by atomic mass is 9.67. The normalized spacial score (nSPS) is 16.7. The summed E-state index contributed by atoms with van der Waals surface area (Å²) < 4.78 is 6.79. The highest BCUT2D eigenvalue weighted by atomic mass is 28.4. The van der Waals surface area contributed by atoms with E-state index < -0.39 is 8.32 Å². The van der Waals surface area contributed by atoms with Gasteiger partial charge in [0.15, 0.2) is 8.32 Å². The number of fused-ring (bicyclic) bond motifs is 3. The van der Waals surface area contributed by atoms with Crippen LogP contribution >= 0.6 is 0 Å². The Morgan fingerprint density at radius 3 is 2.32 bits per heavy atom. The van der Waals surface area contributed by atoms with Gasteiger partial charge in [0.05, 0.1) is 0 Å². The number of hydrogen-bond donors (Lipinski definition) is 0. The highest BCUT2D eigenvalue weighted by Gasteiger charge is 2.39. The standard InChI is InChI=1S/C29H38OSi/c1-5-29(24-15-10-11-16-24,20-21-30-31(6-2,7-3)8-4)28-19-13-18-26-25-17-12-9-14-23(25)22-27(26)28/h9-15,17-19H,5-8,16,20-22H2,1-4H3. The highest BCUT2D eigenvalue weighted by Crippen LogP contribution is 2.48. The molecule has 1 atom stereocenters. The molecule has 4 rings (SSSR count). The summed E-state index contributed by atoms with van der Waals surface area (Å²) in [4.78, 5) is 0. The Kier molecular flexibility index (Phi) is 6.69. The average Bonchev–Trinajstić information content (AvgIpc) is 3.49. The Labute approximate surface area is 190 Å². The highest BCUT2D eigenvalue weighted by molar-refractivity contribution is 6.73. The van der Waals surface area contributed by atoms with Gasteiger partial charge in [-0.3, -0.25) is 0 Å². The number of allylic oxidation sites excluding steroid dienone is 4. The van der Waals surface area contributed by atoms with Crippen molar-refractivity contribution in [2.24, 2.45) is 0 Å². The van der Waals surface area contributed by atoms with Gasteiger partial charge in [0.2, 0.25) is 0 Å². The van der Waals surface area contributed by atoms with Gasteiger partial charge in [-0.15, -0.1) is 0 Å². The van der Waals surface area contributed by atoms with Gasteiger partial charge in [0.25, 0.3) is 0 Å². The van der Waals surface area contributed by atoms with Crippen molar-refractivity contribution in [1.82, 2.24) is 0 Å². The van der Waals surface area contributed by atoms with Crippen LogP contribution in [0.2, 0.25) is 18.1 Å². The third-order valence-electron chi connectivity index (χ3n) is 8.23. The van der Waals surface area contributed by atoms with Crippen molar-refractivity contribution in [2.75, 3.05) is 6.61 Å². The molecule has 0 heterocycles. The molecule has 0 saturated heterocycles. The first-order chi connectivity index (χ1) is 15.1. The molecular formula is C29H38OSi. The van der Waals surface area contributed by atoms with Crippen LogP contribution in [0, 0.1) is 0 Å². The third-order valence-corrected chi connectivity index (χ3v) is 12.9. The lowest BCUT2D eigenvalue weighted by Crippen LogP contribution is -2.38. The van der Waals surface area contributed by atoms with Crippen molar-refractivity contribution < 1.29 is 4.43 Å². The van der Waals surface area contributed by atoms with Crippen LogP contribution in [-0.4, -0.2) is 14.9 Å². The van der Waals surface area contributed by atoms with E-state index in [1.807, 2.05) is 0 Å². The molecule has 0 saturated carbocycles. The van der Waals surface area contributed by atoms with Gasteiger partial charge >= 0.3 is 0 Å². The first kappa shape index (κ1) is 22.3. The zero-order valence-corrected chi connectivity index (χ0v) is 20.8. The van der Waals surface area contributed by atoms with Gasteiger partial charge in [0, 0.05) is 12.0 Å². The maximum atomic E-state index is 6.79. The van der Waals surface area contributed by atoms with Gasteiger partial charge in [-0.2, -0.15) is 0 Å². The van der Waals surface area contributed by atoms with E-state index in [4.69, 9.17) is 4.43 Å². The molecule has 0 spiro atoms. The van der Waals surface area contributed by atoms with Gasteiger partial charge in [-0.05, 0) is 71.6 Å². The summed E-state index contributed by atoms with van der Waals surface area (Å²) in [7, 11) is -1.58. The molecule has 164 valence electrons. The Morgan fingerprint density at radius 1 is 0.903 bits per heavy atom. The monoisotopic (exact) mass is 430 g/mol. The summed E-state index contributed by atoms with van der Waals surface area (Å²) in [5.41, 5.74) is 9.05. The van der Waals surface area contributed by atoms with Gasteiger partial charge in [-0.1, -0.05) is 94.0 Å². The fourth-order valence-corrected chi connectivity index (χ4v) is 8.62. The van der Waals surface area contributed by atoms with Gasteiger partial charge in [-0.25, -0.2) is 0 Å². The van der Waals surface area contributed by atoms with Gasteiger partial charge < -0.3 is 4.43 Å². The lowest BCUT2D eigenvalue weighted by molar-refractivity contribution is 0.253. The molecule has 1 unspecified atom stereocenters. The smallest absolute Gasteiger partial charge is 0.191 e. The average molecular weight is 431 g/mol. The summed E-state index contributed by atoms with van der Waals surface area (Å²) in [6.07, 6.45) is 11.3. The van der Waals surface area contributed by atoms with Crippen molar-refractivity contribution in [1.29, 1.82) is 0 Å². The summed E-state index contributed by atoms with van der Waals surface area (Å²) >= 11 is 0. The summed E-state index contributed by atoms with van der Waals surface area (Å²) in [6.45, 7) is 10.2. The second-order valence-electron chi connectivity index (χ2n) is 9.27. The van der Waals surface area contributed by atoms with Crippen molar-refractivity contribution in [3.8, 4) is 11.1 Å². The fourth-order valence-electron chi connectivity index (χ4n) is 5.97. The van der Waals surface area contributed by atoms with Crippen LogP contribution in [0.3, 0.4) is 0 Å². The molecule has 1 nitrogen and oxygen atoms in total. The molecule has 0 aliphatic heterocycles. The number of rotatable bonds is 10. The van der Waals surface area contributed by atoms with E-state index in [1.54, 1.807) is 16.7 Å². The lowest BCUT2D eigenvalue weighted by Gasteiger charge is -2.39. The third kappa shape index (κ3) is 3.89. The summed E-state index contributed by atoms with van der Waals surface area (Å²) in [6, 6.07) is 19.6. The van der Waals surface area contributed by atoms with Crippen molar-refractivity contribution in [3.63, 3.8) is 0 Å². The minimum absolute atomic E-state index is 0.0618. The Hall–Kier alpha value is -1.90. The zero-order chi connectivity index (χ0) is 21.9. The molecule has 0 aromatic heterocycles. The molecule has 0 bridgehead atoms. The van der Waals surface area contributed by atoms with Crippen molar-refractivity contribution in [2.45, 2.75) is 76.9 Å². The van der Waals surface area contributed by atoms with E-state index in [1.165, 1.54) is 34.8 Å². The first-order valence-electron chi connectivity index (χ1n) is 12.3. The van der Waals surface area contributed by atoms with Crippen LogP contribution < -0.4 is 0 Å². The van der Waals surface area contributed by atoms with Crippen molar-refractivity contribution >= 4 is 8.32 Å². The van der Waals surface area contributed by atoms with Crippen LogP contribution in [0.4, 0.5) is 0 Å². The molecule has 2 heteroatoms. The Morgan fingerprint density at radius 2 is 1.65 bits per heavy atom. The van der Waals surface area contributed by atoms with E-state index in [0.717, 1.165) is 32.3 Å². The van der Waals surface area contributed by atoms with E-state index in [9.17, 15) is 0 Å². The Bertz CT molecular complexity index is 974. The van der Waals surface area contributed by atoms with E-state index in [-0.39, 0.29) is 5.41 Å². The molecule has 2 aromatic carbocycles. The molecule has 0 fully saturated rings. The van der Waals surface area contributed by atoms with Crippen LogP contribution in [0.1, 0.15) is 63.6 Å². The molecule has 0 radical (unpaired) electrons. The Balaban J connectivity index is 1.72. The summed E-state index contributed by atoms with van der Waals surface area (Å²) in [5, 5.41) is 0. The minimum Gasteiger partial charge on any atom is -0.417 e. The molecule has 0 amide bonds. The van der Waals surface area contributed by atoms with Gasteiger partial charge in [0.1, 0.15) is 0 Å². The second kappa shape index (κ2) is 9.30. The zero-order valence-electron chi connectivity index (χ0n) is 19.8. The molecular weight excluding hydrogens is 392 g/mol. The van der Waals surface area contributed by atoms with Crippen LogP contribution in [0.15, 0.2) is 66.3 Å². The quantitative estimate of drug-likeness (QED) is 0.294. The fraction of sp³-hybridized carbons (Fsp3) is 0.448. The topological polar surface area (TPSA) is 9.23 Å². The van der Waals surface area contributed by atoms with E-state index >= 15 is 0 Å². The molecule has 2 aliphatic rings. The molecule has 2 aromatic rings. The predicted octanol–water partition coefficient (Wildman–Crippen LogP) is 8.20.